The molecule has 0 spiro atoms. The molecule has 0 atom stereocenters. The van der Waals surface area contributed by atoms with Gasteiger partial charge in [0, 0.05) is 19.6 Å². The Hall–Kier alpha value is -1.02. The lowest BCUT2D eigenvalue weighted by atomic mass is 10.2. The zero-order chi connectivity index (χ0) is 15.2. The molecule has 0 aliphatic carbocycles. The van der Waals surface area contributed by atoms with Crippen molar-refractivity contribution >= 4 is 10.0 Å². The van der Waals surface area contributed by atoms with Crippen LogP contribution in [0.1, 0.15) is 19.4 Å². The third kappa shape index (κ3) is 4.52. The highest BCUT2D eigenvalue weighted by Gasteiger charge is 2.19. The zero-order valence-corrected chi connectivity index (χ0v) is 12.7. The summed E-state index contributed by atoms with van der Waals surface area (Å²) >= 11 is 0. The first-order chi connectivity index (χ1) is 9.44. The molecule has 1 aromatic carbocycles. The van der Waals surface area contributed by atoms with Gasteiger partial charge in [-0.1, -0.05) is 19.9 Å². The van der Waals surface area contributed by atoms with Gasteiger partial charge in [-0.25, -0.2) is 17.5 Å². The van der Waals surface area contributed by atoms with Crippen molar-refractivity contribution in [1.29, 1.82) is 0 Å². The number of nitrogens with two attached hydrogens (primary N) is 1. The molecule has 3 N–H and O–H groups in total. The summed E-state index contributed by atoms with van der Waals surface area (Å²) in [5.74, 6) is -0.766. The molecule has 0 saturated carbocycles. The average molecular weight is 303 g/mol. The Morgan fingerprint density at radius 3 is 2.50 bits per heavy atom. The van der Waals surface area contributed by atoms with Crippen molar-refractivity contribution in [3.05, 3.63) is 29.6 Å². The van der Waals surface area contributed by atoms with Crippen molar-refractivity contribution < 1.29 is 12.8 Å². The van der Waals surface area contributed by atoms with E-state index in [4.69, 9.17) is 5.73 Å². The number of sulfonamides is 1. The van der Waals surface area contributed by atoms with E-state index in [0.29, 0.717) is 12.1 Å². The predicted octanol–water partition coefficient (Wildman–Crippen LogP) is 0.904. The van der Waals surface area contributed by atoms with Crippen LogP contribution < -0.4 is 10.5 Å². The summed E-state index contributed by atoms with van der Waals surface area (Å²) in [5.41, 5.74) is 6.02. The number of rotatable bonds is 8. The van der Waals surface area contributed by atoms with Crippen LogP contribution in [0.15, 0.2) is 23.1 Å². The zero-order valence-electron chi connectivity index (χ0n) is 11.9. The fourth-order valence-electron chi connectivity index (χ4n) is 1.84. The van der Waals surface area contributed by atoms with Crippen LogP contribution in [-0.2, 0) is 16.6 Å². The average Bonchev–Trinajstić information content (AvgIpc) is 2.44. The normalized spacial score (nSPS) is 12.1. The smallest absolute Gasteiger partial charge is 0.243 e. The molecule has 0 aliphatic rings. The van der Waals surface area contributed by atoms with Crippen molar-refractivity contribution in [2.75, 3.05) is 26.2 Å². The van der Waals surface area contributed by atoms with E-state index in [1.54, 1.807) is 0 Å². The van der Waals surface area contributed by atoms with Crippen molar-refractivity contribution in [2.45, 2.75) is 25.3 Å². The molecule has 0 unspecified atom stereocenters. The van der Waals surface area contributed by atoms with Gasteiger partial charge in [-0.3, -0.25) is 0 Å². The van der Waals surface area contributed by atoms with Crippen LogP contribution in [0.3, 0.4) is 0 Å². The second-order valence-corrected chi connectivity index (χ2v) is 6.13. The van der Waals surface area contributed by atoms with Crippen LogP contribution in [0.5, 0.6) is 0 Å². The minimum absolute atomic E-state index is 0.169. The van der Waals surface area contributed by atoms with E-state index in [-0.39, 0.29) is 18.0 Å². The maximum absolute atomic E-state index is 13.6. The maximum atomic E-state index is 13.6. The van der Waals surface area contributed by atoms with Crippen molar-refractivity contribution in [1.82, 2.24) is 9.62 Å². The van der Waals surface area contributed by atoms with Gasteiger partial charge in [0.1, 0.15) is 10.7 Å². The number of hydrogen-bond acceptors (Lipinski definition) is 4. The van der Waals surface area contributed by atoms with Crippen LogP contribution in [-0.4, -0.2) is 39.5 Å². The monoisotopic (exact) mass is 303 g/mol. The van der Waals surface area contributed by atoms with Gasteiger partial charge >= 0.3 is 0 Å². The number of benzene rings is 1. The Labute approximate surface area is 120 Å². The molecular formula is C13H22FN3O2S. The Kier molecular flexibility index (Phi) is 6.54. The number of hydrogen-bond donors (Lipinski definition) is 2. The predicted molar refractivity (Wildman–Crippen MR) is 77.3 cm³/mol. The quantitative estimate of drug-likeness (QED) is 0.748. The second kappa shape index (κ2) is 7.68. The fraction of sp³-hybridized carbons (Fsp3) is 0.538. The molecule has 0 saturated heterocycles. The van der Waals surface area contributed by atoms with Crippen LogP contribution in [0.25, 0.3) is 0 Å². The van der Waals surface area contributed by atoms with Crippen LogP contribution in [0.2, 0.25) is 0 Å². The van der Waals surface area contributed by atoms with Crippen LogP contribution in [0.4, 0.5) is 4.39 Å². The molecule has 1 rings (SSSR count). The van der Waals surface area contributed by atoms with E-state index in [0.717, 1.165) is 19.2 Å². The van der Waals surface area contributed by atoms with Gasteiger partial charge in [0.05, 0.1) is 0 Å². The molecule has 7 heteroatoms. The standard InChI is InChI=1S/C13H22FN3O2S/c1-3-17(4-2)8-7-16-20(18,19)13-9-11(10-15)5-6-12(13)14/h5-6,9,16H,3-4,7-8,10,15H2,1-2H3. The molecule has 0 radical (unpaired) electrons. The van der Waals surface area contributed by atoms with Crippen molar-refractivity contribution in [3.8, 4) is 0 Å². The molecule has 0 bridgehead atoms. The van der Waals surface area contributed by atoms with Gasteiger partial charge in [0.15, 0.2) is 0 Å². The lowest BCUT2D eigenvalue weighted by Gasteiger charge is -2.18. The lowest BCUT2D eigenvalue weighted by molar-refractivity contribution is 0.309. The minimum Gasteiger partial charge on any atom is -0.326 e. The molecule has 5 nitrogen and oxygen atoms in total. The van der Waals surface area contributed by atoms with Gasteiger partial charge in [-0.15, -0.1) is 0 Å². The summed E-state index contributed by atoms with van der Waals surface area (Å²) < 4.78 is 40.2. The Morgan fingerprint density at radius 1 is 1.30 bits per heavy atom. The van der Waals surface area contributed by atoms with E-state index in [1.807, 2.05) is 13.8 Å². The summed E-state index contributed by atoms with van der Waals surface area (Å²) in [6.07, 6.45) is 0. The third-order valence-corrected chi connectivity index (χ3v) is 4.61. The van der Waals surface area contributed by atoms with E-state index in [1.165, 1.54) is 12.1 Å². The Balaban J connectivity index is 2.78. The molecular weight excluding hydrogens is 281 g/mol. The summed E-state index contributed by atoms with van der Waals surface area (Å²) in [4.78, 5) is 1.73. The summed E-state index contributed by atoms with van der Waals surface area (Å²) in [6.45, 7) is 6.69. The van der Waals surface area contributed by atoms with Crippen LogP contribution >= 0.6 is 0 Å². The highest BCUT2D eigenvalue weighted by molar-refractivity contribution is 7.89. The van der Waals surface area contributed by atoms with Crippen molar-refractivity contribution in [3.63, 3.8) is 0 Å². The second-order valence-electron chi connectivity index (χ2n) is 4.39. The number of likely N-dealkylation sites (N-methyl/N-ethyl adjacent to an activating group) is 1. The number of nitrogens with one attached hydrogen (secondary N) is 1. The SMILES string of the molecule is CCN(CC)CCNS(=O)(=O)c1cc(CN)ccc1F. The summed E-state index contributed by atoms with van der Waals surface area (Å²) in [5, 5.41) is 0. The summed E-state index contributed by atoms with van der Waals surface area (Å²) in [7, 11) is -3.84. The third-order valence-electron chi connectivity index (χ3n) is 3.14. The van der Waals surface area contributed by atoms with Gasteiger partial charge in [0.2, 0.25) is 10.0 Å². The minimum atomic E-state index is -3.84. The Morgan fingerprint density at radius 2 is 1.95 bits per heavy atom. The molecule has 1 aromatic rings. The van der Waals surface area contributed by atoms with Gasteiger partial charge < -0.3 is 10.6 Å². The van der Waals surface area contributed by atoms with Crippen LogP contribution in [0, 0.1) is 5.82 Å². The first-order valence-corrected chi connectivity index (χ1v) is 8.13. The van der Waals surface area contributed by atoms with Gasteiger partial charge in [-0.05, 0) is 30.8 Å². The highest BCUT2D eigenvalue weighted by atomic mass is 32.2. The number of halogens is 1. The van der Waals surface area contributed by atoms with Gasteiger partial charge in [0.25, 0.3) is 0 Å². The first-order valence-electron chi connectivity index (χ1n) is 6.65. The largest absolute Gasteiger partial charge is 0.326 e. The highest BCUT2D eigenvalue weighted by Crippen LogP contribution is 2.16. The molecule has 0 amide bonds. The molecule has 0 aliphatic heterocycles. The fourth-order valence-corrected chi connectivity index (χ4v) is 2.98. The summed E-state index contributed by atoms with van der Waals surface area (Å²) in [6, 6.07) is 3.88. The first kappa shape index (κ1) is 17.0. The molecule has 114 valence electrons. The molecule has 0 aromatic heterocycles. The topological polar surface area (TPSA) is 75.4 Å². The molecule has 20 heavy (non-hydrogen) atoms. The lowest BCUT2D eigenvalue weighted by Crippen LogP contribution is -2.35. The van der Waals surface area contributed by atoms with E-state index in [9.17, 15) is 12.8 Å². The Bertz CT molecular complexity index is 530. The van der Waals surface area contributed by atoms with E-state index >= 15 is 0 Å². The van der Waals surface area contributed by atoms with Crippen molar-refractivity contribution in [2.24, 2.45) is 5.73 Å². The van der Waals surface area contributed by atoms with Gasteiger partial charge in [-0.2, -0.15) is 0 Å². The molecule has 0 heterocycles. The van der Waals surface area contributed by atoms with E-state index in [2.05, 4.69) is 9.62 Å². The maximum Gasteiger partial charge on any atom is 0.243 e. The molecule has 0 fully saturated rings. The number of nitrogens with zero attached hydrogens (tertiary/aromatic N) is 1. The van der Waals surface area contributed by atoms with E-state index < -0.39 is 15.8 Å².